The molecule has 0 aromatic heterocycles. The molecule has 0 aliphatic heterocycles. The van der Waals surface area contributed by atoms with E-state index >= 15 is 0 Å². The molecule has 19 heavy (non-hydrogen) atoms. The molecule has 0 amide bonds. The van der Waals surface area contributed by atoms with E-state index < -0.39 is 5.60 Å². The summed E-state index contributed by atoms with van der Waals surface area (Å²) >= 11 is 5.93. The summed E-state index contributed by atoms with van der Waals surface area (Å²) in [6.45, 7) is 11.1. The van der Waals surface area contributed by atoms with Gasteiger partial charge in [-0.25, -0.2) is 4.79 Å². The Balaban J connectivity index is 2.84. The van der Waals surface area contributed by atoms with Crippen LogP contribution in [0.4, 0.5) is 5.69 Å². The van der Waals surface area contributed by atoms with Crippen molar-refractivity contribution in [3.63, 3.8) is 0 Å². The van der Waals surface area contributed by atoms with Crippen molar-refractivity contribution < 1.29 is 9.53 Å². The van der Waals surface area contributed by atoms with Gasteiger partial charge in [0.05, 0.1) is 10.7 Å². The summed E-state index contributed by atoms with van der Waals surface area (Å²) in [7, 11) is 0. The monoisotopic (exact) mass is 281 g/mol. The van der Waals surface area contributed by atoms with Gasteiger partial charge in [0.1, 0.15) is 5.60 Å². The van der Waals surface area contributed by atoms with E-state index in [1.165, 1.54) is 0 Å². The Bertz CT molecular complexity index is 516. The molecular weight excluding hydrogens is 262 g/mol. The third-order valence-electron chi connectivity index (χ3n) is 2.67. The molecule has 0 spiro atoms. The number of esters is 1. The first kappa shape index (κ1) is 15.6. The van der Waals surface area contributed by atoms with E-state index in [1.54, 1.807) is 6.07 Å². The predicted molar refractivity (Wildman–Crippen MR) is 79.3 cm³/mol. The maximum atomic E-state index is 11.8. The van der Waals surface area contributed by atoms with Crippen molar-refractivity contribution in [2.24, 2.45) is 0 Å². The molecule has 0 heterocycles. The van der Waals surface area contributed by atoms with Gasteiger partial charge in [-0.1, -0.05) is 24.2 Å². The molecule has 104 valence electrons. The first-order valence-corrected chi connectivity index (χ1v) is 6.44. The summed E-state index contributed by atoms with van der Waals surface area (Å²) in [5.41, 5.74) is 8.08. The molecule has 0 saturated heterocycles. The lowest BCUT2D eigenvalue weighted by Crippen LogP contribution is -2.25. The highest BCUT2D eigenvalue weighted by Gasteiger charge is 2.19. The van der Waals surface area contributed by atoms with Gasteiger partial charge in [-0.2, -0.15) is 0 Å². The molecule has 1 rings (SSSR count). The molecule has 0 radical (unpaired) electrons. The second-order valence-corrected chi connectivity index (χ2v) is 5.93. The van der Waals surface area contributed by atoms with Crippen molar-refractivity contribution >= 4 is 23.3 Å². The largest absolute Gasteiger partial charge is 0.457 e. The Morgan fingerprint density at radius 2 is 2.00 bits per heavy atom. The molecule has 3 nitrogen and oxygen atoms in total. The van der Waals surface area contributed by atoms with E-state index in [2.05, 4.69) is 6.58 Å². The topological polar surface area (TPSA) is 52.3 Å². The summed E-state index contributed by atoms with van der Waals surface area (Å²) in [5, 5.41) is 0.518. The number of nitrogen functional groups attached to an aromatic ring is 1. The van der Waals surface area contributed by atoms with E-state index in [9.17, 15) is 4.79 Å². The molecular formula is C15H20ClNO2. The smallest absolute Gasteiger partial charge is 0.334 e. The molecule has 0 bridgehead atoms. The SMILES string of the molecule is C=C(Cc1ccc(Cl)c(N)c1C)C(=O)OC(C)(C)C. The fraction of sp³-hybridized carbons (Fsp3) is 0.400. The van der Waals surface area contributed by atoms with Gasteiger partial charge in [-0.05, 0) is 44.9 Å². The lowest BCUT2D eigenvalue weighted by Gasteiger charge is -2.20. The average Bonchev–Trinajstić information content (AvgIpc) is 2.27. The van der Waals surface area contributed by atoms with E-state index in [0.717, 1.165) is 11.1 Å². The fourth-order valence-corrected chi connectivity index (χ4v) is 1.79. The Morgan fingerprint density at radius 1 is 1.42 bits per heavy atom. The standard InChI is InChI=1S/C15H20ClNO2/c1-9(14(18)19-15(3,4)5)8-11-6-7-12(16)13(17)10(11)2/h6-7H,1,8,17H2,2-5H3. The first-order valence-electron chi connectivity index (χ1n) is 6.06. The van der Waals surface area contributed by atoms with Crippen molar-refractivity contribution in [1.29, 1.82) is 0 Å². The van der Waals surface area contributed by atoms with Crippen LogP contribution in [-0.4, -0.2) is 11.6 Å². The number of hydrogen-bond donors (Lipinski definition) is 1. The van der Waals surface area contributed by atoms with Crippen molar-refractivity contribution in [3.05, 3.63) is 40.4 Å². The molecule has 0 aliphatic carbocycles. The third-order valence-corrected chi connectivity index (χ3v) is 2.99. The van der Waals surface area contributed by atoms with Crippen LogP contribution in [-0.2, 0) is 16.0 Å². The number of hydrogen-bond acceptors (Lipinski definition) is 3. The summed E-state index contributed by atoms with van der Waals surface area (Å²) in [5.74, 6) is -0.388. The highest BCUT2D eigenvalue weighted by atomic mass is 35.5. The molecule has 0 fully saturated rings. The first-order chi connectivity index (χ1) is 8.61. The number of nitrogens with two attached hydrogens (primary N) is 1. The van der Waals surface area contributed by atoms with E-state index in [0.29, 0.717) is 22.7 Å². The van der Waals surface area contributed by atoms with E-state index in [1.807, 2.05) is 33.8 Å². The summed E-state index contributed by atoms with van der Waals surface area (Å²) in [6, 6.07) is 3.57. The van der Waals surface area contributed by atoms with Crippen molar-refractivity contribution in [2.75, 3.05) is 5.73 Å². The van der Waals surface area contributed by atoms with Gasteiger partial charge in [0.25, 0.3) is 0 Å². The predicted octanol–water partition coefficient (Wildman–Crippen LogP) is 3.67. The van der Waals surface area contributed by atoms with Gasteiger partial charge >= 0.3 is 5.97 Å². The van der Waals surface area contributed by atoms with E-state index in [-0.39, 0.29) is 5.97 Å². The van der Waals surface area contributed by atoms with Gasteiger partial charge < -0.3 is 10.5 Å². The van der Waals surface area contributed by atoms with Crippen molar-refractivity contribution in [1.82, 2.24) is 0 Å². The van der Waals surface area contributed by atoms with Crippen LogP contribution in [0.15, 0.2) is 24.3 Å². The molecule has 4 heteroatoms. The maximum Gasteiger partial charge on any atom is 0.334 e. The van der Waals surface area contributed by atoms with E-state index in [4.69, 9.17) is 22.1 Å². The number of carbonyl (C=O) groups is 1. The summed E-state index contributed by atoms with van der Waals surface area (Å²) in [6.07, 6.45) is 0.405. The van der Waals surface area contributed by atoms with Crippen LogP contribution in [0.1, 0.15) is 31.9 Å². The second kappa shape index (κ2) is 5.66. The van der Waals surface area contributed by atoms with Crippen LogP contribution in [0.2, 0.25) is 5.02 Å². The molecule has 0 atom stereocenters. The Kier molecular flexibility index (Phi) is 4.64. The Morgan fingerprint density at radius 3 is 2.53 bits per heavy atom. The number of anilines is 1. The average molecular weight is 282 g/mol. The van der Waals surface area contributed by atoms with Crippen LogP contribution in [0.25, 0.3) is 0 Å². The minimum atomic E-state index is -0.520. The van der Waals surface area contributed by atoms with Gasteiger partial charge in [0.15, 0.2) is 0 Å². The minimum absolute atomic E-state index is 0.388. The highest BCUT2D eigenvalue weighted by molar-refractivity contribution is 6.33. The molecule has 0 aliphatic rings. The number of carbonyl (C=O) groups excluding carboxylic acids is 1. The van der Waals surface area contributed by atoms with Gasteiger partial charge in [-0.3, -0.25) is 0 Å². The zero-order chi connectivity index (χ0) is 14.8. The zero-order valence-electron chi connectivity index (χ0n) is 11.8. The lowest BCUT2D eigenvalue weighted by atomic mass is 10.00. The number of rotatable bonds is 3. The molecule has 0 saturated carbocycles. The minimum Gasteiger partial charge on any atom is -0.457 e. The van der Waals surface area contributed by atoms with Gasteiger partial charge in [-0.15, -0.1) is 0 Å². The van der Waals surface area contributed by atoms with Crippen LogP contribution in [0.3, 0.4) is 0 Å². The summed E-state index contributed by atoms with van der Waals surface area (Å²) < 4.78 is 5.27. The Hall–Kier alpha value is -1.48. The summed E-state index contributed by atoms with van der Waals surface area (Å²) in [4.78, 5) is 11.8. The molecule has 1 aromatic carbocycles. The maximum absolute atomic E-state index is 11.8. The molecule has 2 N–H and O–H groups in total. The zero-order valence-corrected chi connectivity index (χ0v) is 12.6. The molecule has 1 aromatic rings. The lowest BCUT2D eigenvalue weighted by molar-refractivity contribution is -0.149. The normalized spacial score (nSPS) is 11.2. The second-order valence-electron chi connectivity index (χ2n) is 5.53. The highest BCUT2D eigenvalue weighted by Crippen LogP contribution is 2.26. The molecule has 0 unspecified atom stereocenters. The van der Waals surface area contributed by atoms with Crippen molar-refractivity contribution in [3.8, 4) is 0 Å². The number of benzene rings is 1. The quantitative estimate of drug-likeness (QED) is 0.522. The fourth-order valence-electron chi connectivity index (χ4n) is 1.58. The van der Waals surface area contributed by atoms with Crippen LogP contribution in [0.5, 0.6) is 0 Å². The van der Waals surface area contributed by atoms with Crippen molar-refractivity contribution in [2.45, 2.75) is 39.7 Å². The number of halogens is 1. The van der Waals surface area contributed by atoms with Crippen LogP contribution in [0, 0.1) is 6.92 Å². The van der Waals surface area contributed by atoms with Crippen LogP contribution < -0.4 is 5.73 Å². The third kappa shape index (κ3) is 4.28. The van der Waals surface area contributed by atoms with Crippen LogP contribution >= 0.6 is 11.6 Å². The van der Waals surface area contributed by atoms with Gasteiger partial charge in [0, 0.05) is 12.0 Å². The van der Waals surface area contributed by atoms with Gasteiger partial charge in [0.2, 0.25) is 0 Å². The number of ether oxygens (including phenoxy) is 1. The Labute approximate surface area is 119 Å².